The maximum absolute atomic E-state index is 9.26. The van der Waals surface area contributed by atoms with E-state index < -0.39 is 0 Å². The number of nitriles is 1. The van der Waals surface area contributed by atoms with Gasteiger partial charge in [0.15, 0.2) is 0 Å². The highest BCUT2D eigenvalue weighted by Crippen LogP contribution is 2.29. The summed E-state index contributed by atoms with van der Waals surface area (Å²) in [4.78, 5) is 11.5. The minimum atomic E-state index is 0.379. The van der Waals surface area contributed by atoms with Crippen molar-refractivity contribution < 1.29 is 4.74 Å². The molecule has 0 unspecified atom stereocenters. The van der Waals surface area contributed by atoms with Crippen LogP contribution in [0.3, 0.4) is 0 Å². The molecule has 0 saturated heterocycles. The molecule has 21 heavy (non-hydrogen) atoms. The molecule has 104 valence electrons. The van der Waals surface area contributed by atoms with E-state index in [-0.39, 0.29) is 0 Å². The Bertz CT molecular complexity index is 818. The third kappa shape index (κ3) is 2.42. The molecule has 0 spiro atoms. The number of ether oxygens (including phenoxy) is 1. The molecule has 2 heterocycles. The maximum Gasteiger partial charge on any atom is 0.141 e. The summed E-state index contributed by atoms with van der Waals surface area (Å²) in [6.45, 7) is 0.784. The summed E-state index contributed by atoms with van der Waals surface area (Å²) < 4.78 is 5.45. The van der Waals surface area contributed by atoms with E-state index in [0.717, 1.165) is 22.3 Å². The molecule has 0 atom stereocenters. The quantitative estimate of drug-likeness (QED) is 0.758. The summed E-state index contributed by atoms with van der Waals surface area (Å²) in [5, 5.41) is 10.2. The van der Waals surface area contributed by atoms with Crippen LogP contribution in [-0.4, -0.2) is 28.1 Å². The van der Waals surface area contributed by atoms with Gasteiger partial charge in [-0.3, -0.25) is 0 Å². The van der Waals surface area contributed by atoms with Gasteiger partial charge in [0.1, 0.15) is 30.4 Å². The predicted octanol–water partition coefficient (Wildman–Crippen LogP) is 1.83. The van der Waals surface area contributed by atoms with E-state index in [9.17, 15) is 5.26 Å². The number of fused-ring (bicyclic) bond motifs is 1. The molecule has 0 radical (unpaired) electrons. The third-order valence-electron chi connectivity index (χ3n) is 3.10. The largest absolute Gasteiger partial charge is 0.491 e. The summed E-state index contributed by atoms with van der Waals surface area (Å²) in [6, 6.07) is 9.46. The van der Waals surface area contributed by atoms with Gasteiger partial charge in [-0.2, -0.15) is 5.26 Å². The number of aromatic amines is 1. The van der Waals surface area contributed by atoms with Gasteiger partial charge in [-0.05, 0) is 24.3 Å². The van der Waals surface area contributed by atoms with Gasteiger partial charge in [0.2, 0.25) is 0 Å². The van der Waals surface area contributed by atoms with Crippen LogP contribution >= 0.6 is 0 Å². The van der Waals surface area contributed by atoms with Crippen molar-refractivity contribution in [2.24, 2.45) is 5.73 Å². The summed E-state index contributed by atoms with van der Waals surface area (Å²) in [5.41, 5.74) is 8.26. The molecule has 0 bridgehead atoms. The van der Waals surface area contributed by atoms with Gasteiger partial charge in [0.25, 0.3) is 0 Å². The highest BCUT2D eigenvalue weighted by atomic mass is 16.5. The molecule has 0 aliphatic rings. The highest BCUT2D eigenvalue weighted by molar-refractivity contribution is 5.90. The first-order chi connectivity index (χ1) is 10.3. The lowest BCUT2D eigenvalue weighted by Gasteiger charge is -2.08. The van der Waals surface area contributed by atoms with E-state index in [4.69, 9.17) is 10.5 Å². The molecule has 0 amide bonds. The zero-order chi connectivity index (χ0) is 14.7. The molecule has 0 aliphatic carbocycles. The van der Waals surface area contributed by atoms with Gasteiger partial charge in [-0.25, -0.2) is 9.97 Å². The fourth-order valence-electron chi connectivity index (χ4n) is 2.16. The Labute approximate surface area is 121 Å². The SMILES string of the molecule is N#Cc1cc(-c2ncnc3[nH]ccc23)ccc1OCCN. The number of nitrogens with two attached hydrogens (primary N) is 1. The van der Waals surface area contributed by atoms with E-state index in [1.54, 1.807) is 12.1 Å². The molecular formula is C15H13N5O. The van der Waals surface area contributed by atoms with Crippen molar-refractivity contribution >= 4 is 11.0 Å². The van der Waals surface area contributed by atoms with Crippen LogP contribution in [0.4, 0.5) is 0 Å². The van der Waals surface area contributed by atoms with Gasteiger partial charge in [0, 0.05) is 23.7 Å². The van der Waals surface area contributed by atoms with Gasteiger partial charge >= 0.3 is 0 Å². The second-order valence-corrected chi connectivity index (χ2v) is 4.42. The fourth-order valence-corrected chi connectivity index (χ4v) is 2.16. The molecule has 2 aromatic heterocycles. The van der Waals surface area contributed by atoms with Crippen molar-refractivity contribution in [2.45, 2.75) is 0 Å². The molecule has 0 aliphatic heterocycles. The Kier molecular flexibility index (Phi) is 3.50. The lowest BCUT2D eigenvalue weighted by molar-refractivity contribution is 0.327. The minimum absolute atomic E-state index is 0.379. The van der Waals surface area contributed by atoms with E-state index in [0.29, 0.717) is 24.5 Å². The zero-order valence-corrected chi connectivity index (χ0v) is 11.2. The van der Waals surface area contributed by atoms with Crippen LogP contribution in [0.15, 0.2) is 36.8 Å². The normalized spacial score (nSPS) is 10.5. The third-order valence-corrected chi connectivity index (χ3v) is 3.10. The number of hydrogen-bond acceptors (Lipinski definition) is 5. The molecule has 3 N–H and O–H groups in total. The van der Waals surface area contributed by atoms with Crippen LogP contribution < -0.4 is 10.5 Å². The summed E-state index contributed by atoms with van der Waals surface area (Å²) in [6.07, 6.45) is 3.31. The van der Waals surface area contributed by atoms with Crippen LogP contribution in [0.5, 0.6) is 5.75 Å². The molecule has 0 saturated carbocycles. The lowest BCUT2D eigenvalue weighted by atomic mass is 10.1. The predicted molar refractivity (Wildman–Crippen MR) is 78.6 cm³/mol. The van der Waals surface area contributed by atoms with E-state index >= 15 is 0 Å². The number of H-pyrrole nitrogens is 1. The first kappa shape index (κ1) is 13.1. The standard InChI is InChI=1S/C15H13N5O/c16-4-6-21-13-2-1-10(7-11(13)8-17)14-12-3-5-18-15(12)20-9-19-14/h1-3,5,7,9H,4,6,16H2,(H,18,19,20). The zero-order valence-electron chi connectivity index (χ0n) is 11.2. The average Bonchev–Trinajstić information content (AvgIpc) is 3.01. The Balaban J connectivity index is 2.07. The smallest absolute Gasteiger partial charge is 0.141 e. The van der Waals surface area contributed by atoms with Crippen LogP contribution in [0.2, 0.25) is 0 Å². The molecule has 0 fully saturated rings. The van der Waals surface area contributed by atoms with Crippen LogP contribution in [-0.2, 0) is 0 Å². The first-order valence-electron chi connectivity index (χ1n) is 6.49. The van der Waals surface area contributed by atoms with Crippen molar-refractivity contribution in [1.82, 2.24) is 15.0 Å². The van der Waals surface area contributed by atoms with Gasteiger partial charge < -0.3 is 15.5 Å². The number of rotatable bonds is 4. The maximum atomic E-state index is 9.26. The van der Waals surface area contributed by atoms with E-state index in [1.165, 1.54) is 6.33 Å². The van der Waals surface area contributed by atoms with Crippen molar-refractivity contribution in [3.05, 3.63) is 42.4 Å². The number of hydrogen-bond donors (Lipinski definition) is 2. The Morgan fingerprint density at radius 3 is 3.00 bits per heavy atom. The summed E-state index contributed by atoms with van der Waals surface area (Å²) in [7, 11) is 0. The van der Waals surface area contributed by atoms with Crippen LogP contribution in [0, 0.1) is 11.3 Å². The number of nitrogens with one attached hydrogen (secondary N) is 1. The monoisotopic (exact) mass is 279 g/mol. The van der Waals surface area contributed by atoms with E-state index in [1.807, 2.05) is 18.3 Å². The lowest BCUT2D eigenvalue weighted by Crippen LogP contribution is -2.11. The molecule has 3 rings (SSSR count). The fraction of sp³-hybridized carbons (Fsp3) is 0.133. The van der Waals surface area contributed by atoms with Crippen LogP contribution in [0.1, 0.15) is 5.56 Å². The number of benzene rings is 1. The summed E-state index contributed by atoms with van der Waals surface area (Å²) >= 11 is 0. The molecule has 1 aromatic carbocycles. The van der Waals surface area contributed by atoms with Gasteiger partial charge in [-0.15, -0.1) is 0 Å². The average molecular weight is 279 g/mol. The molecule has 6 nitrogen and oxygen atoms in total. The molecule has 3 aromatic rings. The number of nitrogens with zero attached hydrogens (tertiary/aromatic N) is 3. The minimum Gasteiger partial charge on any atom is -0.491 e. The highest BCUT2D eigenvalue weighted by Gasteiger charge is 2.10. The van der Waals surface area contributed by atoms with Crippen molar-refractivity contribution in [1.29, 1.82) is 5.26 Å². The second kappa shape index (κ2) is 5.61. The topological polar surface area (TPSA) is 101 Å². The van der Waals surface area contributed by atoms with Crippen molar-refractivity contribution in [3.8, 4) is 23.1 Å². The Morgan fingerprint density at radius 1 is 1.29 bits per heavy atom. The summed E-state index contributed by atoms with van der Waals surface area (Å²) in [5.74, 6) is 0.533. The molecular weight excluding hydrogens is 266 g/mol. The van der Waals surface area contributed by atoms with Gasteiger partial charge in [0.05, 0.1) is 11.3 Å². The Morgan fingerprint density at radius 2 is 2.19 bits per heavy atom. The molecule has 6 heteroatoms. The van der Waals surface area contributed by atoms with E-state index in [2.05, 4.69) is 21.0 Å². The van der Waals surface area contributed by atoms with Crippen LogP contribution in [0.25, 0.3) is 22.3 Å². The first-order valence-corrected chi connectivity index (χ1v) is 6.49. The van der Waals surface area contributed by atoms with Gasteiger partial charge in [-0.1, -0.05) is 0 Å². The number of aromatic nitrogens is 3. The Hall–Kier alpha value is -2.91. The van der Waals surface area contributed by atoms with Crippen molar-refractivity contribution in [3.63, 3.8) is 0 Å². The second-order valence-electron chi connectivity index (χ2n) is 4.42. The van der Waals surface area contributed by atoms with Crippen molar-refractivity contribution in [2.75, 3.05) is 13.2 Å².